The molecule has 0 spiro atoms. The third-order valence-electron chi connectivity index (χ3n) is 9.90. The summed E-state index contributed by atoms with van der Waals surface area (Å²) < 4.78 is 0. The summed E-state index contributed by atoms with van der Waals surface area (Å²) in [6.07, 6.45) is 11.8. The minimum absolute atomic E-state index is 0.0269. The van der Waals surface area contributed by atoms with E-state index in [0.29, 0.717) is 11.7 Å². The lowest BCUT2D eigenvalue weighted by molar-refractivity contribution is -0.161. The molecule has 0 amide bonds. The van der Waals surface area contributed by atoms with Gasteiger partial charge in [0.05, 0.1) is 0 Å². The molecule has 1 N–H and O–H groups in total. The first kappa shape index (κ1) is 20.6. The van der Waals surface area contributed by atoms with Crippen molar-refractivity contribution in [2.75, 3.05) is 0 Å². The first-order valence-electron chi connectivity index (χ1n) is 11.3. The van der Waals surface area contributed by atoms with Crippen LogP contribution < -0.4 is 0 Å². The Morgan fingerprint density at radius 2 is 1.79 bits per heavy atom. The Kier molecular flexibility index (Phi) is 4.40. The number of aliphatic carboxylic acids is 1. The minimum Gasteiger partial charge on any atom is -0.478 e. The Morgan fingerprint density at radius 1 is 1.10 bits per heavy atom. The molecule has 0 aromatic rings. The maximum Gasteiger partial charge on any atom is 0.328 e. The van der Waals surface area contributed by atoms with Gasteiger partial charge < -0.3 is 5.11 Å². The van der Waals surface area contributed by atoms with Gasteiger partial charge in [-0.15, -0.1) is 0 Å². The second kappa shape index (κ2) is 6.18. The lowest BCUT2D eigenvalue weighted by Crippen LogP contribution is -2.61. The third-order valence-corrected chi connectivity index (χ3v) is 9.90. The van der Waals surface area contributed by atoms with Crippen LogP contribution in [0.2, 0.25) is 0 Å². The number of hydrogen-bond acceptors (Lipinski definition) is 2. The van der Waals surface area contributed by atoms with E-state index in [9.17, 15) is 14.7 Å². The van der Waals surface area contributed by atoms with Gasteiger partial charge in [0.25, 0.3) is 0 Å². The normalized spacial score (nSPS) is 48.2. The number of rotatable bonds is 1. The Bertz CT molecular complexity index is 876. The number of carboxylic acids is 1. The largest absolute Gasteiger partial charge is 0.478 e. The highest BCUT2D eigenvalue weighted by molar-refractivity contribution is 5.83. The number of carbonyl (C=O) groups is 2. The summed E-state index contributed by atoms with van der Waals surface area (Å²) in [4.78, 5) is 24.2. The Hall–Kier alpha value is -1.64. The maximum absolute atomic E-state index is 12.6. The zero-order valence-corrected chi connectivity index (χ0v) is 18.9. The van der Waals surface area contributed by atoms with Crippen LogP contribution in [0.5, 0.6) is 0 Å². The number of hydrogen-bond donors (Lipinski definition) is 1. The zero-order valence-electron chi connectivity index (χ0n) is 18.9. The first-order chi connectivity index (χ1) is 13.4. The van der Waals surface area contributed by atoms with Crippen molar-refractivity contribution >= 4 is 11.8 Å². The average molecular weight is 397 g/mol. The van der Waals surface area contributed by atoms with Crippen LogP contribution in [0.3, 0.4) is 0 Å². The van der Waals surface area contributed by atoms with E-state index >= 15 is 0 Å². The van der Waals surface area contributed by atoms with Crippen molar-refractivity contribution < 1.29 is 14.7 Å². The second-order valence-electron chi connectivity index (χ2n) is 11.4. The number of Topliss-reactive ketones (excluding diaryl/α,β-unsaturated/α-hetero) is 1. The molecule has 0 aliphatic heterocycles. The molecule has 3 fully saturated rings. The van der Waals surface area contributed by atoms with E-state index in [0.717, 1.165) is 49.7 Å². The molecule has 29 heavy (non-hydrogen) atoms. The quantitative estimate of drug-likeness (QED) is 0.544. The van der Waals surface area contributed by atoms with Crippen LogP contribution in [0.4, 0.5) is 0 Å². The molecule has 158 valence electrons. The summed E-state index contributed by atoms with van der Waals surface area (Å²) in [5, 5.41) is 9.52. The van der Waals surface area contributed by atoms with Gasteiger partial charge in [-0.2, -0.15) is 0 Å². The molecule has 0 unspecified atom stereocenters. The van der Waals surface area contributed by atoms with Crippen molar-refractivity contribution in [2.24, 2.45) is 33.5 Å². The van der Waals surface area contributed by atoms with Gasteiger partial charge in [-0.05, 0) is 72.3 Å². The van der Waals surface area contributed by atoms with Crippen LogP contribution in [-0.2, 0) is 9.59 Å². The highest BCUT2D eigenvalue weighted by Crippen LogP contribution is 2.74. The highest BCUT2D eigenvalue weighted by atomic mass is 16.4. The van der Waals surface area contributed by atoms with Gasteiger partial charge in [-0.1, -0.05) is 52.3 Å². The number of carbonyl (C=O) groups excluding carboxylic acids is 1. The predicted octanol–water partition coefficient (Wildman–Crippen LogP) is 6.11. The highest BCUT2D eigenvalue weighted by Gasteiger charge is 2.66. The minimum atomic E-state index is -0.857. The third kappa shape index (κ3) is 2.61. The fourth-order valence-electron chi connectivity index (χ4n) is 7.89. The molecule has 3 nitrogen and oxygen atoms in total. The van der Waals surface area contributed by atoms with Crippen molar-refractivity contribution in [2.45, 2.75) is 80.1 Å². The Balaban J connectivity index is 1.84. The van der Waals surface area contributed by atoms with Gasteiger partial charge in [0.1, 0.15) is 5.78 Å². The van der Waals surface area contributed by atoms with E-state index in [1.54, 1.807) is 0 Å². The number of fused-ring (bicyclic) bond motifs is 5. The van der Waals surface area contributed by atoms with Crippen LogP contribution >= 0.6 is 0 Å². The predicted molar refractivity (Wildman–Crippen MR) is 115 cm³/mol. The van der Waals surface area contributed by atoms with Gasteiger partial charge in [-0.3, -0.25) is 4.79 Å². The molecule has 0 aromatic carbocycles. The van der Waals surface area contributed by atoms with E-state index in [1.165, 1.54) is 11.6 Å². The molecule has 3 saturated carbocycles. The van der Waals surface area contributed by atoms with E-state index in [1.807, 2.05) is 6.92 Å². The maximum atomic E-state index is 12.6. The van der Waals surface area contributed by atoms with Gasteiger partial charge in [0.15, 0.2) is 0 Å². The molecule has 4 aliphatic carbocycles. The molecule has 0 bridgehead atoms. The van der Waals surface area contributed by atoms with E-state index in [4.69, 9.17) is 0 Å². The van der Waals surface area contributed by atoms with Gasteiger partial charge >= 0.3 is 5.97 Å². The van der Waals surface area contributed by atoms with Crippen molar-refractivity contribution in [1.29, 1.82) is 0 Å². The van der Waals surface area contributed by atoms with Crippen molar-refractivity contribution in [3.05, 3.63) is 34.9 Å². The molecule has 0 saturated heterocycles. The summed E-state index contributed by atoms with van der Waals surface area (Å²) in [7, 11) is 0. The summed E-state index contributed by atoms with van der Waals surface area (Å²) >= 11 is 0. The monoisotopic (exact) mass is 396 g/mol. The van der Waals surface area contributed by atoms with E-state index < -0.39 is 5.97 Å². The van der Waals surface area contributed by atoms with E-state index in [2.05, 4.69) is 46.8 Å². The molecular formula is C26H36O3. The van der Waals surface area contributed by atoms with Crippen LogP contribution in [-0.4, -0.2) is 16.9 Å². The number of carboxylic acid groups (broad SMARTS) is 1. The van der Waals surface area contributed by atoms with Crippen LogP contribution in [0.1, 0.15) is 80.1 Å². The zero-order chi connectivity index (χ0) is 21.4. The van der Waals surface area contributed by atoms with Crippen LogP contribution in [0.15, 0.2) is 34.9 Å². The standard InChI is InChI=1S/C26H36O3/c1-16-7-8-20-24(4,18(16)14-22(28)29)10-12-26(6)21-13-17(2)19(27)15-23(21,3)9-11-25(20,26)5/h7-8,14,17,21H,9-13,15H2,1-6H3,(H,28,29)/t17-,21+,23+,24-,25-,26-/m1/s1. The first-order valence-corrected chi connectivity index (χ1v) is 11.3. The fourth-order valence-corrected chi connectivity index (χ4v) is 7.89. The summed E-state index contributed by atoms with van der Waals surface area (Å²) in [5.41, 5.74) is 3.52. The van der Waals surface area contributed by atoms with Crippen molar-refractivity contribution in [3.63, 3.8) is 0 Å². The Labute approximate surface area is 175 Å². The second-order valence-corrected chi connectivity index (χ2v) is 11.4. The lowest BCUT2D eigenvalue weighted by Gasteiger charge is -2.69. The molecule has 3 heteroatoms. The van der Waals surface area contributed by atoms with Crippen LogP contribution in [0.25, 0.3) is 0 Å². The SMILES string of the molecule is CC1=CC=C2[C@](C)(CC[C@]3(C)[C@H]4C[C@@H](C)C(=O)C[C@]4(C)CC[C@]23C)C1=CC(=O)O. The molecule has 4 aliphatic rings. The van der Waals surface area contributed by atoms with Crippen molar-refractivity contribution in [1.82, 2.24) is 0 Å². The summed E-state index contributed by atoms with van der Waals surface area (Å²) in [5.74, 6) is 0.277. The number of allylic oxidation sites excluding steroid dienone is 5. The van der Waals surface area contributed by atoms with Gasteiger partial charge in [0.2, 0.25) is 0 Å². The fraction of sp³-hybridized carbons (Fsp3) is 0.692. The molecule has 0 heterocycles. The summed E-state index contributed by atoms with van der Waals surface area (Å²) in [6.45, 7) is 13.7. The molecular weight excluding hydrogens is 360 g/mol. The topological polar surface area (TPSA) is 54.4 Å². The molecule has 4 rings (SSSR count). The molecule has 6 atom stereocenters. The van der Waals surface area contributed by atoms with Gasteiger partial charge in [-0.25, -0.2) is 4.79 Å². The average Bonchev–Trinajstić information content (AvgIpc) is 2.62. The molecule has 0 radical (unpaired) electrons. The molecule has 0 aromatic heterocycles. The van der Waals surface area contributed by atoms with Gasteiger partial charge in [0, 0.05) is 23.8 Å². The number of ketones is 1. The van der Waals surface area contributed by atoms with Crippen LogP contribution in [0, 0.1) is 33.5 Å². The van der Waals surface area contributed by atoms with Crippen molar-refractivity contribution in [3.8, 4) is 0 Å². The summed E-state index contributed by atoms with van der Waals surface area (Å²) in [6, 6.07) is 0. The van der Waals surface area contributed by atoms with E-state index in [-0.39, 0.29) is 27.6 Å². The Morgan fingerprint density at radius 3 is 2.45 bits per heavy atom. The smallest absolute Gasteiger partial charge is 0.328 e. The lowest BCUT2D eigenvalue weighted by atomic mass is 9.35.